The number of carboxylic acid groups (broad SMARTS) is 1. The highest BCUT2D eigenvalue weighted by molar-refractivity contribution is 6.41. The number of hydrogen-bond acceptors (Lipinski definition) is 3. The molecule has 0 spiro atoms. The summed E-state index contributed by atoms with van der Waals surface area (Å²) in [4.78, 5) is 21.4. The SMILES string of the molecule is O=C(O)C(=O)c1cc(Cl)c(O)cc1C(F)(F)F. The second-order valence-electron chi connectivity index (χ2n) is 2.98. The summed E-state index contributed by atoms with van der Waals surface area (Å²) in [5.41, 5.74) is -2.67. The average molecular weight is 269 g/mol. The molecular weight excluding hydrogens is 265 g/mol. The summed E-state index contributed by atoms with van der Waals surface area (Å²) in [5, 5.41) is 16.8. The summed E-state index contributed by atoms with van der Waals surface area (Å²) >= 11 is 5.32. The van der Waals surface area contributed by atoms with E-state index in [1.807, 2.05) is 0 Å². The van der Waals surface area contributed by atoms with Crippen LogP contribution in [-0.4, -0.2) is 22.0 Å². The Morgan fingerprint density at radius 2 is 1.76 bits per heavy atom. The van der Waals surface area contributed by atoms with Crippen LogP contribution in [0.1, 0.15) is 15.9 Å². The second kappa shape index (κ2) is 4.25. The van der Waals surface area contributed by atoms with Gasteiger partial charge >= 0.3 is 12.1 Å². The zero-order valence-electron chi connectivity index (χ0n) is 7.88. The Morgan fingerprint density at radius 3 is 2.18 bits per heavy atom. The lowest BCUT2D eigenvalue weighted by Crippen LogP contribution is -2.19. The van der Waals surface area contributed by atoms with Crippen LogP contribution in [0.3, 0.4) is 0 Å². The number of alkyl halides is 3. The van der Waals surface area contributed by atoms with Crippen LogP contribution in [0.4, 0.5) is 13.2 Å². The molecule has 0 fully saturated rings. The van der Waals surface area contributed by atoms with Gasteiger partial charge in [0, 0.05) is 5.56 Å². The van der Waals surface area contributed by atoms with E-state index < -0.39 is 39.8 Å². The van der Waals surface area contributed by atoms with E-state index in [9.17, 15) is 22.8 Å². The van der Waals surface area contributed by atoms with Gasteiger partial charge in [0.1, 0.15) is 5.75 Å². The van der Waals surface area contributed by atoms with E-state index in [0.29, 0.717) is 6.07 Å². The first kappa shape index (κ1) is 13.3. The third-order valence-corrected chi connectivity index (χ3v) is 2.13. The molecule has 0 bridgehead atoms. The molecule has 0 saturated heterocycles. The molecule has 8 heteroatoms. The second-order valence-corrected chi connectivity index (χ2v) is 3.39. The highest BCUT2D eigenvalue weighted by Gasteiger charge is 2.37. The van der Waals surface area contributed by atoms with E-state index in [2.05, 4.69) is 0 Å². The standard InChI is InChI=1S/C9H4ClF3O4/c10-5-1-3(7(15)8(16)17)4(2-6(5)14)9(11,12)13/h1-2,14H,(H,16,17). The van der Waals surface area contributed by atoms with Gasteiger partial charge in [-0.2, -0.15) is 13.2 Å². The van der Waals surface area contributed by atoms with Crippen molar-refractivity contribution in [1.82, 2.24) is 0 Å². The minimum atomic E-state index is -4.97. The molecular formula is C9H4ClF3O4. The third-order valence-electron chi connectivity index (χ3n) is 1.83. The number of phenols is 1. The van der Waals surface area contributed by atoms with Gasteiger partial charge in [-0.15, -0.1) is 0 Å². The highest BCUT2D eigenvalue weighted by Crippen LogP contribution is 2.37. The predicted molar refractivity (Wildman–Crippen MR) is 50.1 cm³/mol. The maximum atomic E-state index is 12.5. The molecule has 92 valence electrons. The molecule has 0 aliphatic heterocycles. The van der Waals surface area contributed by atoms with Crippen molar-refractivity contribution in [2.75, 3.05) is 0 Å². The topological polar surface area (TPSA) is 74.6 Å². The number of halogens is 4. The van der Waals surface area contributed by atoms with Gasteiger partial charge in [0.15, 0.2) is 0 Å². The number of carboxylic acids is 1. The number of hydrogen-bond donors (Lipinski definition) is 2. The van der Waals surface area contributed by atoms with Crippen LogP contribution in [0.2, 0.25) is 5.02 Å². The molecule has 17 heavy (non-hydrogen) atoms. The van der Waals surface area contributed by atoms with Crippen molar-refractivity contribution >= 4 is 23.4 Å². The molecule has 4 nitrogen and oxygen atoms in total. The Labute approximate surface area is 97.2 Å². The minimum absolute atomic E-state index is 0.207. The Morgan fingerprint density at radius 1 is 1.24 bits per heavy atom. The van der Waals surface area contributed by atoms with Gasteiger partial charge in [0.25, 0.3) is 5.78 Å². The van der Waals surface area contributed by atoms with Crippen LogP contribution in [0.25, 0.3) is 0 Å². The Hall–Kier alpha value is -1.76. The Bertz CT molecular complexity index is 496. The van der Waals surface area contributed by atoms with E-state index in [0.717, 1.165) is 0 Å². The first-order chi connectivity index (χ1) is 7.64. The van der Waals surface area contributed by atoms with E-state index in [4.69, 9.17) is 21.8 Å². The van der Waals surface area contributed by atoms with Gasteiger partial charge in [-0.3, -0.25) is 4.79 Å². The normalized spacial score (nSPS) is 11.3. The number of ketones is 1. The largest absolute Gasteiger partial charge is 0.506 e. The molecule has 2 N–H and O–H groups in total. The lowest BCUT2D eigenvalue weighted by molar-refractivity contribution is -0.138. The van der Waals surface area contributed by atoms with Gasteiger partial charge in [0.05, 0.1) is 10.6 Å². The van der Waals surface area contributed by atoms with Gasteiger partial charge in [-0.25, -0.2) is 4.79 Å². The van der Waals surface area contributed by atoms with Crippen molar-refractivity contribution < 1.29 is 33.0 Å². The minimum Gasteiger partial charge on any atom is -0.506 e. The molecule has 0 unspecified atom stereocenters. The Balaban J connectivity index is 3.52. The van der Waals surface area contributed by atoms with E-state index in [1.165, 1.54) is 0 Å². The number of aromatic hydroxyl groups is 1. The summed E-state index contributed by atoms with van der Waals surface area (Å²) in [7, 11) is 0. The van der Waals surface area contributed by atoms with Crippen molar-refractivity contribution in [2.45, 2.75) is 6.18 Å². The number of phenolic OH excluding ortho intramolecular Hbond substituents is 1. The van der Waals surface area contributed by atoms with Crippen LogP contribution < -0.4 is 0 Å². The van der Waals surface area contributed by atoms with Crippen LogP contribution >= 0.6 is 11.6 Å². The van der Waals surface area contributed by atoms with E-state index in [-0.39, 0.29) is 6.07 Å². The number of rotatable bonds is 2. The number of aliphatic carboxylic acids is 1. The highest BCUT2D eigenvalue weighted by atomic mass is 35.5. The summed E-state index contributed by atoms with van der Waals surface area (Å²) < 4.78 is 37.5. The van der Waals surface area contributed by atoms with Crippen molar-refractivity contribution in [1.29, 1.82) is 0 Å². The molecule has 0 heterocycles. The lowest BCUT2D eigenvalue weighted by Gasteiger charge is -2.11. The monoisotopic (exact) mass is 268 g/mol. The zero-order chi connectivity index (χ0) is 13.4. The van der Waals surface area contributed by atoms with Crippen LogP contribution in [0.15, 0.2) is 12.1 Å². The molecule has 0 aliphatic rings. The molecule has 0 aromatic heterocycles. The van der Waals surface area contributed by atoms with Gasteiger partial charge in [0.2, 0.25) is 0 Å². The lowest BCUT2D eigenvalue weighted by atomic mass is 10.0. The van der Waals surface area contributed by atoms with Crippen LogP contribution in [0.5, 0.6) is 5.75 Å². The molecule has 1 rings (SSSR count). The van der Waals surface area contributed by atoms with Gasteiger partial charge in [-0.05, 0) is 12.1 Å². The van der Waals surface area contributed by atoms with Gasteiger partial charge < -0.3 is 10.2 Å². The summed E-state index contributed by atoms with van der Waals surface area (Å²) in [6.45, 7) is 0. The molecule has 1 aromatic carbocycles. The molecule has 0 atom stereocenters. The van der Waals surface area contributed by atoms with Crippen LogP contribution in [-0.2, 0) is 11.0 Å². The molecule has 0 saturated carbocycles. The fourth-order valence-electron chi connectivity index (χ4n) is 1.10. The van der Waals surface area contributed by atoms with Gasteiger partial charge in [-0.1, -0.05) is 11.6 Å². The number of benzene rings is 1. The summed E-state index contributed by atoms with van der Waals surface area (Å²) in [6, 6.07) is 0.675. The van der Waals surface area contributed by atoms with Crippen molar-refractivity contribution in [3.63, 3.8) is 0 Å². The molecule has 0 amide bonds. The first-order valence-corrected chi connectivity index (χ1v) is 4.39. The predicted octanol–water partition coefficient (Wildman–Crippen LogP) is 2.33. The number of carbonyl (C=O) groups is 2. The summed E-state index contributed by atoms with van der Waals surface area (Å²) in [5.74, 6) is -4.68. The van der Waals surface area contributed by atoms with Crippen molar-refractivity contribution in [3.05, 3.63) is 28.3 Å². The first-order valence-electron chi connectivity index (χ1n) is 4.02. The van der Waals surface area contributed by atoms with E-state index >= 15 is 0 Å². The van der Waals surface area contributed by atoms with Crippen molar-refractivity contribution in [2.24, 2.45) is 0 Å². The molecule has 0 aliphatic carbocycles. The maximum absolute atomic E-state index is 12.5. The quantitative estimate of drug-likeness (QED) is 0.638. The Kier molecular flexibility index (Phi) is 3.33. The van der Waals surface area contributed by atoms with E-state index in [1.54, 1.807) is 0 Å². The zero-order valence-corrected chi connectivity index (χ0v) is 8.63. The molecule has 0 radical (unpaired) electrons. The maximum Gasteiger partial charge on any atom is 0.417 e. The number of carbonyl (C=O) groups excluding carboxylic acids is 1. The average Bonchev–Trinajstić information content (AvgIpc) is 2.18. The fraction of sp³-hybridized carbons (Fsp3) is 0.111. The summed E-state index contributed by atoms with van der Waals surface area (Å²) in [6.07, 6.45) is -4.97. The smallest absolute Gasteiger partial charge is 0.417 e. The van der Waals surface area contributed by atoms with Crippen molar-refractivity contribution in [3.8, 4) is 5.75 Å². The third kappa shape index (κ3) is 2.68. The van der Waals surface area contributed by atoms with Crippen LogP contribution in [0, 0.1) is 0 Å². The fourth-order valence-corrected chi connectivity index (χ4v) is 1.26. The molecule has 1 aromatic rings. The number of Topliss-reactive ketones (excluding diaryl/α,β-unsaturated/α-hetero) is 1.